The second-order valence-corrected chi connectivity index (χ2v) is 22.8. The molecule has 19 nitrogen and oxygen atoms in total. The number of rotatable bonds is 18. The molecule has 82 heavy (non-hydrogen) atoms. The number of aromatic nitrogens is 6. The Morgan fingerprint density at radius 2 is 1.73 bits per heavy atom. The highest BCUT2D eigenvalue weighted by atomic mass is 35.5. The van der Waals surface area contributed by atoms with Gasteiger partial charge >= 0.3 is 6.01 Å². The first kappa shape index (κ1) is 56.0. The number of carbonyl (C=O) groups excluding carboxylic acids is 2. The molecule has 7 atom stereocenters. The quantitative estimate of drug-likeness (QED) is 0.0543. The molecule has 0 saturated carbocycles. The summed E-state index contributed by atoms with van der Waals surface area (Å²) in [5.41, 5.74) is 10.7. The zero-order valence-electron chi connectivity index (χ0n) is 45.2. The molecule has 6 N–H and O–H groups in total. The van der Waals surface area contributed by atoms with Gasteiger partial charge in [0.15, 0.2) is 5.75 Å². The number of thiophene rings is 1. The van der Waals surface area contributed by atoms with Gasteiger partial charge in [-0.1, -0.05) is 85.3 Å². The van der Waals surface area contributed by atoms with Crippen molar-refractivity contribution in [3.8, 4) is 51.5 Å². The van der Waals surface area contributed by atoms with Crippen molar-refractivity contribution in [3.63, 3.8) is 0 Å². The second kappa shape index (κ2) is 23.5. The number of amides is 2. The molecule has 4 aromatic heterocycles. The lowest BCUT2D eigenvalue weighted by molar-refractivity contribution is -0.142. The van der Waals surface area contributed by atoms with Crippen molar-refractivity contribution in [2.75, 3.05) is 50.6 Å². The van der Waals surface area contributed by atoms with E-state index in [9.17, 15) is 29.5 Å². The van der Waals surface area contributed by atoms with Crippen LogP contribution < -0.4 is 30.7 Å². The molecule has 8 aromatic rings. The number of aliphatic hydroxyl groups is 2. The van der Waals surface area contributed by atoms with Crippen LogP contribution in [0.4, 0.5) is 19.6 Å². The first-order valence-corrected chi connectivity index (χ1v) is 28.2. The first-order valence-electron chi connectivity index (χ1n) is 27.0. The molecule has 0 radical (unpaired) electrons. The van der Waals surface area contributed by atoms with Crippen LogP contribution in [0, 0.1) is 28.9 Å². The zero-order valence-corrected chi connectivity index (χ0v) is 46.8. The van der Waals surface area contributed by atoms with Crippen LogP contribution in [0.15, 0.2) is 91.3 Å². The summed E-state index contributed by atoms with van der Waals surface area (Å²) in [4.78, 5) is 46.2. The van der Waals surface area contributed by atoms with E-state index in [1.165, 1.54) is 34.0 Å². The van der Waals surface area contributed by atoms with Gasteiger partial charge in [0.2, 0.25) is 11.8 Å². The van der Waals surface area contributed by atoms with Crippen molar-refractivity contribution >= 4 is 66.6 Å². The molecule has 7 heterocycles. The third-order valence-electron chi connectivity index (χ3n) is 15.4. The highest BCUT2D eigenvalue weighted by Crippen LogP contribution is 2.50. The molecule has 424 valence electrons. The number of β-amino-alcohol motifs (C(OH)–C–C–N with tert-alkyl or cyclic N) is 1. The van der Waals surface area contributed by atoms with Crippen molar-refractivity contribution < 1.29 is 42.8 Å². The normalized spacial score (nSPS) is 18.9. The fourth-order valence-corrected chi connectivity index (χ4v) is 12.5. The van der Waals surface area contributed by atoms with Crippen molar-refractivity contribution in [1.29, 1.82) is 5.26 Å². The number of piperazine rings is 1. The Hall–Kier alpha value is -7.91. The van der Waals surface area contributed by atoms with Crippen molar-refractivity contribution in [2.24, 2.45) is 5.92 Å². The first-order chi connectivity index (χ1) is 39.6. The summed E-state index contributed by atoms with van der Waals surface area (Å²) in [5.74, 6) is -1.51. The number of nitriles is 1. The predicted molar refractivity (Wildman–Crippen MR) is 306 cm³/mol. The molecule has 3 aliphatic heterocycles. The molecule has 4 aromatic carbocycles. The Kier molecular flexibility index (Phi) is 16.1. The predicted octanol–water partition coefficient (Wildman–Crippen LogP) is 8.16. The number of nitrogens with zero attached hydrogens (tertiary/aromatic N) is 9. The molecule has 0 spiro atoms. The van der Waals surface area contributed by atoms with Crippen LogP contribution >= 0.6 is 22.9 Å². The van der Waals surface area contributed by atoms with E-state index < -0.39 is 54.3 Å². The maximum absolute atomic E-state index is 15.6. The zero-order chi connectivity index (χ0) is 57.5. The number of halogens is 3. The molecule has 3 aliphatic rings. The lowest BCUT2D eigenvalue weighted by Crippen LogP contribution is -2.51. The Morgan fingerprint density at radius 1 is 0.988 bits per heavy atom. The van der Waals surface area contributed by atoms with Crippen LogP contribution in [-0.4, -0.2) is 127 Å². The molecule has 23 heteroatoms. The lowest BCUT2D eigenvalue weighted by Gasteiger charge is -2.34. The van der Waals surface area contributed by atoms with E-state index in [2.05, 4.69) is 36.9 Å². The smallest absolute Gasteiger partial charge is 0.319 e. The van der Waals surface area contributed by atoms with Crippen molar-refractivity contribution in [3.05, 3.63) is 125 Å². The lowest BCUT2D eigenvalue weighted by atomic mass is 9.96. The molecule has 2 unspecified atom stereocenters. The van der Waals surface area contributed by atoms with Gasteiger partial charge < -0.3 is 50.6 Å². The van der Waals surface area contributed by atoms with Gasteiger partial charge in [-0.05, 0) is 66.6 Å². The standard InChI is InChI=1S/C59H59ClF2N12O7S/c1-30(2)52(58(78)73-25-38(76)20-47(73)57(77)67-46(27-75)34-11-13-35(14-12-34)50-43(61)6-5-19-65-50)74-26-45(70-71-74)33-9-7-32(8-10-33)29-80-53-49(39-17-18-44(62)54-48(39)41(22-63)55(64)82-54)42(60)21-40-51(53)68-59(81-28-31(3)79-4)69-56(40)72-23-36-15-16-37(24-72)66-36/h5-14,17-19,21,26,30-31,36-38,46-47,52,66,75-76H,15-16,20,23-25,27-29,64H2,1-4H3,(H,67,77)/t31-,36?,37?,38+,46-,47-,52-/m0/s1. The van der Waals surface area contributed by atoms with E-state index in [1.807, 2.05) is 45.0 Å². The van der Waals surface area contributed by atoms with E-state index in [1.54, 1.807) is 49.7 Å². The fourth-order valence-electron chi connectivity index (χ4n) is 11.2. The number of aliphatic hydroxyl groups excluding tert-OH is 2. The van der Waals surface area contributed by atoms with Gasteiger partial charge in [-0.15, -0.1) is 16.4 Å². The molecule has 3 saturated heterocycles. The Bertz CT molecular complexity index is 3740. The molecular weight excluding hydrogens is 1090 g/mol. The summed E-state index contributed by atoms with van der Waals surface area (Å²) in [6.45, 7) is 6.53. The SMILES string of the molecule is CO[C@@H](C)COc1nc(N2CC3CCC(C2)N3)c2cc(Cl)c(-c3ccc(F)c4sc(N)c(C#N)c34)c(OCc3ccc(-c4cn([C@H](C(=O)N5C[C@H](O)C[C@H]5C(=O)N[C@@H](CO)c5ccc(-c6ncccc6F)cc5)C(C)C)nn4)cc3)c2n1. The van der Waals surface area contributed by atoms with Gasteiger partial charge in [-0.25, -0.2) is 13.5 Å². The summed E-state index contributed by atoms with van der Waals surface area (Å²) in [6.07, 6.45) is 3.91. The van der Waals surface area contributed by atoms with Crippen LogP contribution in [0.3, 0.4) is 0 Å². The molecule has 2 amide bonds. The van der Waals surface area contributed by atoms with Crippen LogP contribution in [0.1, 0.15) is 68.8 Å². The van der Waals surface area contributed by atoms with E-state index in [4.69, 9.17) is 41.5 Å². The molecular formula is C59H59ClF2N12O7S. The number of fused-ring (bicyclic) bond motifs is 4. The molecule has 0 aliphatic carbocycles. The minimum atomic E-state index is -1.06. The topological polar surface area (TPSA) is 252 Å². The summed E-state index contributed by atoms with van der Waals surface area (Å²) < 4.78 is 50.3. The van der Waals surface area contributed by atoms with Gasteiger partial charge in [0.1, 0.15) is 70.7 Å². The number of ether oxygens (including phenoxy) is 3. The highest BCUT2D eigenvalue weighted by molar-refractivity contribution is 7.23. The van der Waals surface area contributed by atoms with Crippen LogP contribution in [0.2, 0.25) is 5.02 Å². The number of hydrogen-bond donors (Lipinski definition) is 5. The number of anilines is 2. The average Bonchev–Trinajstić information content (AvgIpc) is 4.47. The number of carbonyl (C=O) groups is 2. The number of hydrogen-bond acceptors (Lipinski definition) is 17. The average molecular weight is 1150 g/mol. The Balaban J connectivity index is 0.866. The molecule has 2 bridgehead atoms. The summed E-state index contributed by atoms with van der Waals surface area (Å²) in [6, 6.07) is 21.4. The van der Waals surface area contributed by atoms with Gasteiger partial charge in [0, 0.05) is 78.9 Å². The Labute approximate surface area is 479 Å². The monoisotopic (exact) mass is 1150 g/mol. The van der Waals surface area contributed by atoms with Crippen molar-refractivity contribution in [1.82, 2.24) is 45.5 Å². The van der Waals surface area contributed by atoms with E-state index in [-0.39, 0.29) is 88.0 Å². The van der Waals surface area contributed by atoms with Crippen molar-refractivity contribution in [2.45, 2.75) is 89.1 Å². The highest BCUT2D eigenvalue weighted by Gasteiger charge is 2.43. The van der Waals surface area contributed by atoms with Crippen LogP contribution in [-0.2, 0) is 20.9 Å². The number of methoxy groups -OCH3 is 1. The largest absolute Gasteiger partial charge is 0.486 e. The van der Waals surface area contributed by atoms with E-state index in [0.717, 1.165) is 29.7 Å². The summed E-state index contributed by atoms with van der Waals surface area (Å²) in [5, 5.41) is 48.3. The number of likely N-dealkylation sites (tertiary alicyclic amines) is 1. The maximum atomic E-state index is 15.6. The summed E-state index contributed by atoms with van der Waals surface area (Å²) >= 11 is 8.36. The number of pyridine rings is 1. The number of nitrogen functional groups attached to an aromatic ring is 1. The van der Waals surface area contributed by atoms with Gasteiger partial charge in [-0.2, -0.15) is 15.2 Å². The molecule has 3 fully saturated rings. The maximum Gasteiger partial charge on any atom is 0.319 e. The number of benzene rings is 4. The third kappa shape index (κ3) is 11.0. The third-order valence-corrected chi connectivity index (χ3v) is 16.8. The minimum Gasteiger partial charge on any atom is -0.486 e. The Morgan fingerprint density at radius 3 is 2.43 bits per heavy atom. The fraction of sp³-hybridized carbons (Fsp3) is 0.356. The second-order valence-electron chi connectivity index (χ2n) is 21.3. The van der Waals surface area contributed by atoms with E-state index in [0.29, 0.717) is 68.7 Å². The summed E-state index contributed by atoms with van der Waals surface area (Å²) in [7, 11) is 1.59. The molecule has 11 rings (SSSR count). The number of nitrogens with two attached hydrogens (primary N) is 1. The number of nitrogens with one attached hydrogen (secondary N) is 2. The van der Waals surface area contributed by atoms with Crippen LogP contribution in [0.25, 0.3) is 54.6 Å². The van der Waals surface area contributed by atoms with Gasteiger partial charge in [0.25, 0.3) is 0 Å². The van der Waals surface area contributed by atoms with Crippen LogP contribution in [0.5, 0.6) is 11.8 Å². The van der Waals surface area contributed by atoms with Gasteiger partial charge in [-0.3, -0.25) is 14.6 Å². The van der Waals surface area contributed by atoms with E-state index >= 15 is 4.39 Å². The minimum absolute atomic E-state index is 0.0104. The van der Waals surface area contributed by atoms with Gasteiger partial charge in [0.05, 0.1) is 46.3 Å².